The molecule has 0 atom stereocenters. The summed E-state index contributed by atoms with van der Waals surface area (Å²) in [5.74, 6) is 0. The van der Waals surface area contributed by atoms with Crippen LogP contribution in [0.15, 0.2) is 48.7 Å². The van der Waals surface area contributed by atoms with E-state index in [1.165, 1.54) is 5.56 Å². The van der Waals surface area contributed by atoms with Crippen LogP contribution in [0.25, 0.3) is 16.6 Å². The number of hydrogen-bond acceptors (Lipinski definition) is 2. The van der Waals surface area contributed by atoms with Crippen LogP contribution in [0.1, 0.15) is 11.1 Å². The second kappa shape index (κ2) is 4.27. The van der Waals surface area contributed by atoms with Gasteiger partial charge < -0.3 is 5.73 Å². The lowest BCUT2D eigenvalue weighted by Gasteiger charge is -2.10. The topological polar surface area (TPSA) is 43.8 Å². The summed E-state index contributed by atoms with van der Waals surface area (Å²) >= 11 is 0. The SMILES string of the molecule is Cc1ccc(CN)c(-n2ncc3ccccc32)c1. The maximum absolute atomic E-state index is 5.81. The van der Waals surface area contributed by atoms with Crippen LogP contribution < -0.4 is 5.73 Å². The van der Waals surface area contributed by atoms with Gasteiger partial charge in [-0.1, -0.05) is 30.3 Å². The van der Waals surface area contributed by atoms with Crippen LogP contribution in [-0.2, 0) is 6.54 Å². The summed E-state index contributed by atoms with van der Waals surface area (Å²) in [5, 5.41) is 5.62. The van der Waals surface area contributed by atoms with Gasteiger partial charge in [0, 0.05) is 11.9 Å². The minimum Gasteiger partial charge on any atom is -0.326 e. The standard InChI is InChI=1S/C15H15N3/c1-11-6-7-12(9-16)15(8-11)18-14-5-3-2-4-13(14)10-17-18/h2-8,10H,9,16H2,1H3. The largest absolute Gasteiger partial charge is 0.326 e. The van der Waals surface area contributed by atoms with Crippen molar-refractivity contribution in [3.63, 3.8) is 0 Å². The molecule has 0 amide bonds. The fourth-order valence-electron chi connectivity index (χ4n) is 2.21. The third-order valence-electron chi connectivity index (χ3n) is 3.17. The van der Waals surface area contributed by atoms with Crippen LogP contribution in [0.4, 0.5) is 0 Å². The highest BCUT2D eigenvalue weighted by Crippen LogP contribution is 2.21. The molecule has 18 heavy (non-hydrogen) atoms. The molecule has 3 heteroatoms. The van der Waals surface area contributed by atoms with Gasteiger partial charge >= 0.3 is 0 Å². The molecule has 3 nitrogen and oxygen atoms in total. The normalized spacial score (nSPS) is 11.0. The minimum absolute atomic E-state index is 0.518. The van der Waals surface area contributed by atoms with E-state index in [0.717, 1.165) is 22.2 Å². The highest BCUT2D eigenvalue weighted by atomic mass is 15.3. The van der Waals surface area contributed by atoms with Crippen molar-refractivity contribution in [3.05, 3.63) is 59.8 Å². The molecule has 0 fully saturated rings. The smallest absolute Gasteiger partial charge is 0.0741 e. The predicted molar refractivity (Wildman–Crippen MR) is 73.7 cm³/mol. The molecule has 0 saturated heterocycles. The summed E-state index contributed by atoms with van der Waals surface area (Å²) in [7, 11) is 0. The Morgan fingerprint density at radius 1 is 1.17 bits per heavy atom. The van der Waals surface area contributed by atoms with Crippen molar-refractivity contribution in [3.8, 4) is 5.69 Å². The first kappa shape index (κ1) is 11.0. The Hall–Kier alpha value is -2.13. The van der Waals surface area contributed by atoms with Gasteiger partial charge in [0.25, 0.3) is 0 Å². The van der Waals surface area contributed by atoms with Gasteiger partial charge in [-0.3, -0.25) is 0 Å². The second-order valence-corrected chi connectivity index (χ2v) is 4.45. The Morgan fingerprint density at radius 2 is 2.00 bits per heavy atom. The van der Waals surface area contributed by atoms with E-state index in [-0.39, 0.29) is 0 Å². The van der Waals surface area contributed by atoms with Crippen LogP contribution in [-0.4, -0.2) is 9.78 Å². The first-order valence-electron chi connectivity index (χ1n) is 6.02. The molecule has 3 rings (SSSR count). The lowest BCUT2D eigenvalue weighted by molar-refractivity contribution is 0.883. The molecular formula is C15H15N3. The summed E-state index contributed by atoms with van der Waals surface area (Å²) in [6.45, 7) is 2.60. The van der Waals surface area contributed by atoms with Crippen molar-refractivity contribution >= 4 is 10.9 Å². The molecule has 1 heterocycles. The number of hydrogen-bond donors (Lipinski definition) is 1. The van der Waals surface area contributed by atoms with Gasteiger partial charge in [0.2, 0.25) is 0 Å². The van der Waals surface area contributed by atoms with Gasteiger partial charge in [-0.2, -0.15) is 5.10 Å². The summed E-state index contributed by atoms with van der Waals surface area (Å²) in [4.78, 5) is 0. The first-order chi connectivity index (χ1) is 8.79. The average molecular weight is 237 g/mol. The zero-order chi connectivity index (χ0) is 12.5. The lowest BCUT2D eigenvalue weighted by Crippen LogP contribution is -2.05. The highest BCUT2D eigenvalue weighted by molar-refractivity contribution is 5.80. The van der Waals surface area contributed by atoms with Gasteiger partial charge in [0.1, 0.15) is 0 Å². The molecule has 1 aromatic heterocycles. The van der Waals surface area contributed by atoms with Crippen LogP contribution in [0, 0.1) is 6.92 Å². The maximum Gasteiger partial charge on any atom is 0.0741 e. The third-order valence-corrected chi connectivity index (χ3v) is 3.17. The number of rotatable bonds is 2. The fraction of sp³-hybridized carbons (Fsp3) is 0.133. The molecular weight excluding hydrogens is 222 g/mol. The number of aryl methyl sites for hydroxylation is 1. The zero-order valence-electron chi connectivity index (χ0n) is 10.3. The van der Waals surface area contributed by atoms with E-state index in [1.54, 1.807) is 0 Å². The van der Waals surface area contributed by atoms with E-state index >= 15 is 0 Å². The third kappa shape index (κ3) is 1.69. The summed E-state index contributed by atoms with van der Waals surface area (Å²) in [5.41, 5.74) is 10.3. The Morgan fingerprint density at radius 3 is 2.83 bits per heavy atom. The van der Waals surface area contributed by atoms with Crippen LogP contribution in [0.2, 0.25) is 0 Å². The molecule has 0 aliphatic rings. The number of fused-ring (bicyclic) bond motifs is 1. The highest BCUT2D eigenvalue weighted by Gasteiger charge is 2.08. The molecule has 0 saturated carbocycles. The van der Waals surface area contributed by atoms with E-state index in [2.05, 4.69) is 42.4 Å². The summed E-state index contributed by atoms with van der Waals surface area (Å²) in [6, 6.07) is 14.5. The van der Waals surface area contributed by atoms with Gasteiger partial charge in [-0.05, 0) is 30.2 Å². The molecule has 0 spiro atoms. The van der Waals surface area contributed by atoms with Gasteiger partial charge in [0.05, 0.1) is 17.4 Å². The monoisotopic (exact) mass is 237 g/mol. The molecule has 0 unspecified atom stereocenters. The van der Waals surface area contributed by atoms with Crippen LogP contribution in [0.3, 0.4) is 0 Å². The Bertz CT molecular complexity index is 698. The van der Waals surface area contributed by atoms with Crippen molar-refractivity contribution < 1.29 is 0 Å². The number of aromatic nitrogens is 2. The van der Waals surface area contributed by atoms with Gasteiger partial charge in [-0.25, -0.2) is 4.68 Å². The van der Waals surface area contributed by atoms with E-state index in [9.17, 15) is 0 Å². The van der Waals surface area contributed by atoms with Crippen molar-refractivity contribution in [2.24, 2.45) is 5.73 Å². The second-order valence-electron chi connectivity index (χ2n) is 4.45. The van der Waals surface area contributed by atoms with Crippen molar-refractivity contribution in [1.29, 1.82) is 0 Å². The van der Waals surface area contributed by atoms with Crippen molar-refractivity contribution in [2.45, 2.75) is 13.5 Å². The van der Waals surface area contributed by atoms with Crippen LogP contribution in [0.5, 0.6) is 0 Å². The number of benzene rings is 2. The molecule has 0 bridgehead atoms. The van der Waals surface area contributed by atoms with Gasteiger partial charge in [0.15, 0.2) is 0 Å². The molecule has 90 valence electrons. The fourth-order valence-corrected chi connectivity index (χ4v) is 2.21. The molecule has 2 aromatic carbocycles. The average Bonchev–Trinajstić information content (AvgIpc) is 2.82. The molecule has 3 aromatic rings. The van der Waals surface area contributed by atoms with Gasteiger partial charge in [-0.15, -0.1) is 0 Å². The van der Waals surface area contributed by atoms with E-state index in [1.807, 2.05) is 23.0 Å². The maximum atomic E-state index is 5.81. The zero-order valence-corrected chi connectivity index (χ0v) is 10.3. The number of nitrogens with zero attached hydrogens (tertiary/aromatic N) is 2. The minimum atomic E-state index is 0.518. The predicted octanol–water partition coefficient (Wildman–Crippen LogP) is 2.79. The Kier molecular flexibility index (Phi) is 2.61. The molecule has 2 N–H and O–H groups in total. The lowest BCUT2D eigenvalue weighted by atomic mass is 10.1. The van der Waals surface area contributed by atoms with Crippen molar-refractivity contribution in [1.82, 2.24) is 9.78 Å². The molecule has 0 aliphatic carbocycles. The van der Waals surface area contributed by atoms with E-state index < -0.39 is 0 Å². The summed E-state index contributed by atoms with van der Waals surface area (Å²) < 4.78 is 1.96. The molecule has 0 radical (unpaired) electrons. The van der Waals surface area contributed by atoms with Crippen molar-refractivity contribution in [2.75, 3.05) is 0 Å². The van der Waals surface area contributed by atoms with E-state index in [0.29, 0.717) is 6.54 Å². The van der Waals surface area contributed by atoms with E-state index in [4.69, 9.17) is 5.73 Å². The molecule has 0 aliphatic heterocycles. The summed E-state index contributed by atoms with van der Waals surface area (Å²) in [6.07, 6.45) is 1.89. The first-order valence-corrected chi connectivity index (χ1v) is 6.02. The number of para-hydroxylation sites is 1. The Balaban J connectivity index is 2.29. The quantitative estimate of drug-likeness (QED) is 0.744. The Labute approximate surface area is 106 Å². The number of nitrogens with two attached hydrogens (primary N) is 1. The van der Waals surface area contributed by atoms with Crippen LogP contribution >= 0.6 is 0 Å².